The summed E-state index contributed by atoms with van der Waals surface area (Å²) < 4.78 is 1.97. The summed E-state index contributed by atoms with van der Waals surface area (Å²) in [4.78, 5) is 11.3. The molecule has 0 aromatic heterocycles. The molecule has 0 atom stereocenters. The second-order valence-corrected chi connectivity index (χ2v) is 5.42. The second-order valence-electron chi connectivity index (χ2n) is 3.71. The third-order valence-corrected chi connectivity index (χ3v) is 3.77. The van der Waals surface area contributed by atoms with E-state index in [-0.39, 0.29) is 5.78 Å². The predicted octanol–water partition coefficient (Wildman–Crippen LogP) is 4.26. The maximum Gasteiger partial charge on any atom is 0.157 e. The molecule has 84 valence electrons. The van der Waals surface area contributed by atoms with Crippen molar-refractivity contribution in [1.29, 1.82) is 0 Å². The van der Waals surface area contributed by atoms with Crippen LogP contribution in [0.3, 0.4) is 0 Å². The molecule has 1 N–H and O–H groups in total. The van der Waals surface area contributed by atoms with E-state index in [0.29, 0.717) is 6.42 Å². The van der Waals surface area contributed by atoms with Gasteiger partial charge in [0.05, 0.1) is 5.69 Å². The minimum absolute atomic E-state index is 0.205. The van der Waals surface area contributed by atoms with E-state index in [9.17, 15) is 4.79 Å². The molecule has 0 saturated carbocycles. The summed E-state index contributed by atoms with van der Waals surface area (Å²) in [6, 6.07) is 5.90. The van der Waals surface area contributed by atoms with Crippen molar-refractivity contribution in [3.8, 4) is 0 Å². The SMILES string of the molecule is O=C1C=C(Nc2c(Br)cccc2Br)CCC1. The lowest BCUT2D eigenvalue weighted by atomic mass is 10.0. The van der Waals surface area contributed by atoms with Gasteiger partial charge in [-0.15, -0.1) is 0 Å². The molecule has 2 rings (SSSR count). The van der Waals surface area contributed by atoms with Crippen LogP contribution in [0.2, 0.25) is 0 Å². The number of hydrogen-bond donors (Lipinski definition) is 1. The fraction of sp³-hybridized carbons (Fsp3) is 0.250. The summed E-state index contributed by atoms with van der Waals surface area (Å²) in [5.74, 6) is 0.205. The summed E-state index contributed by atoms with van der Waals surface area (Å²) in [7, 11) is 0. The lowest BCUT2D eigenvalue weighted by Gasteiger charge is -2.16. The van der Waals surface area contributed by atoms with Crippen LogP contribution in [-0.4, -0.2) is 5.78 Å². The highest BCUT2D eigenvalue weighted by molar-refractivity contribution is 9.11. The Morgan fingerprint density at radius 3 is 2.44 bits per heavy atom. The van der Waals surface area contributed by atoms with Crippen LogP contribution in [0.4, 0.5) is 5.69 Å². The van der Waals surface area contributed by atoms with Crippen molar-refractivity contribution in [3.63, 3.8) is 0 Å². The molecule has 2 nitrogen and oxygen atoms in total. The molecule has 4 heteroatoms. The van der Waals surface area contributed by atoms with Gasteiger partial charge < -0.3 is 5.32 Å². The summed E-state index contributed by atoms with van der Waals surface area (Å²) >= 11 is 6.97. The van der Waals surface area contributed by atoms with Crippen LogP contribution in [0.25, 0.3) is 0 Å². The van der Waals surface area contributed by atoms with Gasteiger partial charge in [0.15, 0.2) is 5.78 Å². The molecular formula is C12H11Br2NO. The molecule has 0 unspecified atom stereocenters. The number of para-hydroxylation sites is 1. The number of halogens is 2. The number of carbonyl (C=O) groups excluding carboxylic acids is 1. The first-order valence-corrected chi connectivity index (χ1v) is 6.70. The minimum Gasteiger partial charge on any atom is -0.357 e. The zero-order valence-electron chi connectivity index (χ0n) is 8.59. The van der Waals surface area contributed by atoms with Crippen LogP contribution in [0, 0.1) is 0 Å². The second kappa shape index (κ2) is 5.15. The van der Waals surface area contributed by atoms with Gasteiger partial charge in [-0.2, -0.15) is 0 Å². The van der Waals surface area contributed by atoms with Crippen LogP contribution in [-0.2, 0) is 4.79 Å². The lowest BCUT2D eigenvalue weighted by molar-refractivity contribution is -0.115. The van der Waals surface area contributed by atoms with Gasteiger partial charge in [-0.05, 0) is 56.8 Å². The van der Waals surface area contributed by atoms with Crippen molar-refractivity contribution in [2.45, 2.75) is 19.3 Å². The largest absolute Gasteiger partial charge is 0.357 e. The topological polar surface area (TPSA) is 29.1 Å². The maximum atomic E-state index is 11.3. The van der Waals surface area contributed by atoms with E-state index in [2.05, 4.69) is 37.2 Å². The maximum absolute atomic E-state index is 11.3. The highest BCUT2D eigenvalue weighted by Gasteiger charge is 2.12. The molecule has 1 aliphatic carbocycles. The van der Waals surface area contributed by atoms with Crippen molar-refractivity contribution in [2.24, 2.45) is 0 Å². The molecule has 0 heterocycles. The monoisotopic (exact) mass is 343 g/mol. The number of rotatable bonds is 2. The highest BCUT2D eigenvalue weighted by Crippen LogP contribution is 2.32. The zero-order valence-corrected chi connectivity index (χ0v) is 11.8. The number of nitrogens with one attached hydrogen (secondary N) is 1. The predicted molar refractivity (Wildman–Crippen MR) is 72.4 cm³/mol. The normalized spacial score (nSPS) is 15.9. The van der Waals surface area contributed by atoms with E-state index >= 15 is 0 Å². The summed E-state index contributed by atoms with van der Waals surface area (Å²) in [6.45, 7) is 0. The number of benzene rings is 1. The molecule has 0 saturated heterocycles. The van der Waals surface area contributed by atoms with Crippen molar-refractivity contribution < 1.29 is 4.79 Å². The number of carbonyl (C=O) groups is 1. The average molecular weight is 345 g/mol. The third-order valence-electron chi connectivity index (χ3n) is 2.45. The summed E-state index contributed by atoms with van der Waals surface area (Å²) in [5.41, 5.74) is 1.97. The fourth-order valence-corrected chi connectivity index (χ4v) is 2.86. The minimum atomic E-state index is 0.205. The lowest BCUT2D eigenvalue weighted by Crippen LogP contribution is -2.09. The zero-order chi connectivity index (χ0) is 11.5. The van der Waals surface area contributed by atoms with Crippen LogP contribution >= 0.6 is 31.9 Å². The van der Waals surface area contributed by atoms with Crippen LogP contribution in [0.1, 0.15) is 19.3 Å². The fourth-order valence-electron chi connectivity index (χ4n) is 1.67. The van der Waals surface area contributed by atoms with Gasteiger partial charge in [0.25, 0.3) is 0 Å². The number of anilines is 1. The van der Waals surface area contributed by atoms with E-state index in [1.165, 1.54) is 0 Å². The van der Waals surface area contributed by atoms with Gasteiger partial charge in [0.2, 0.25) is 0 Å². The molecule has 1 aromatic rings. The Kier molecular flexibility index (Phi) is 3.82. The van der Waals surface area contributed by atoms with Gasteiger partial charge in [-0.1, -0.05) is 6.07 Å². The van der Waals surface area contributed by atoms with Crippen LogP contribution in [0.15, 0.2) is 38.9 Å². The molecule has 1 aliphatic rings. The Morgan fingerprint density at radius 1 is 1.12 bits per heavy atom. The van der Waals surface area contributed by atoms with Crippen molar-refractivity contribution >= 4 is 43.3 Å². The molecule has 0 radical (unpaired) electrons. The Morgan fingerprint density at radius 2 is 1.81 bits per heavy atom. The molecule has 0 spiro atoms. The Bertz CT molecular complexity index is 434. The van der Waals surface area contributed by atoms with Gasteiger partial charge >= 0.3 is 0 Å². The summed E-state index contributed by atoms with van der Waals surface area (Å²) in [5, 5.41) is 3.29. The third kappa shape index (κ3) is 2.74. The average Bonchev–Trinajstić information content (AvgIpc) is 2.24. The number of hydrogen-bond acceptors (Lipinski definition) is 2. The van der Waals surface area contributed by atoms with E-state index in [0.717, 1.165) is 33.2 Å². The van der Waals surface area contributed by atoms with E-state index < -0.39 is 0 Å². The molecular weight excluding hydrogens is 334 g/mol. The number of ketones is 1. The van der Waals surface area contributed by atoms with Gasteiger partial charge in [0.1, 0.15) is 0 Å². The summed E-state index contributed by atoms with van der Waals surface area (Å²) in [6.07, 6.45) is 4.23. The molecule has 0 fully saturated rings. The molecule has 0 bridgehead atoms. The van der Waals surface area contributed by atoms with Gasteiger partial charge in [0, 0.05) is 27.1 Å². The highest BCUT2D eigenvalue weighted by atomic mass is 79.9. The Labute approximate surface area is 111 Å². The van der Waals surface area contributed by atoms with E-state index in [1.54, 1.807) is 6.08 Å². The van der Waals surface area contributed by atoms with E-state index in [4.69, 9.17) is 0 Å². The van der Waals surface area contributed by atoms with Crippen LogP contribution < -0.4 is 5.32 Å². The number of allylic oxidation sites excluding steroid dienone is 2. The van der Waals surface area contributed by atoms with Crippen LogP contribution in [0.5, 0.6) is 0 Å². The quantitative estimate of drug-likeness (QED) is 0.868. The standard InChI is InChI=1S/C12H11Br2NO/c13-10-5-2-6-11(14)12(10)15-8-3-1-4-9(16)7-8/h2,5-7,15H,1,3-4H2. The van der Waals surface area contributed by atoms with Gasteiger partial charge in [-0.25, -0.2) is 0 Å². The Hall–Kier alpha value is -0.610. The molecule has 16 heavy (non-hydrogen) atoms. The first kappa shape index (κ1) is 11.9. The van der Waals surface area contributed by atoms with Crippen molar-refractivity contribution in [1.82, 2.24) is 0 Å². The van der Waals surface area contributed by atoms with E-state index in [1.807, 2.05) is 18.2 Å². The van der Waals surface area contributed by atoms with Gasteiger partial charge in [-0.3, -0.25) is 4.79 Å². The smallest absolute Gasteiger partial charge is 0.157 e. The first-order chi connectivity index (χ1) is 7.66. The van der Waals surface area contributed by atoms with Crippen molar-refractivity contribution in [3.05, 3.63) is 38.9 Å². The first-order valence-electron chi connectivity index (χ1n) is 5.11. The molecule has 0 aliphatic heterocycles. The molecule has 1 aromatic carbocycles. The Balaban J connectivity index is 2.24. The van der Waals surface area contributed by atoms with Crippen molar-refractivity contribution in [2.75, 3.05) is 5.32 Å². The molecule has 0 amide bonds.